The van der Waals surface area contributed by atoms with Crippen molar-refractivity contribution in [3.05, 3.63) is 42.2 Å². The van der Waals surface area contributed by atoms with Crippen LogP contribution < -0.4 is 10.6 Å². The zero-order chi connectivity index (χ0) is 13.7. The molecule has 0 bridgehead atoms. The third kappa shape index (κ3) is 3.95. The fourth-order valence-electron chi connectivity index (χ4n) is 1.56. The van der Waals surface area contributed by atoms with Crippen LogP contribution in [0, 0.1) is 6.92 Å². The van der Waals surface area contributed by atoms with E-state index in [1.165, 1.54) is 0 Å². The van der Waals surface area contributed by atoms with Gasteiger partial charge in [0.2, 0.25) is 0 Å². The number of aryl methyl sites for hydroxylation is 1. The molecule has 3 N–H and O–H groups in total. The van der Waals surface area contributed by atoms with E-state index >= 15 is 0 Å². The average Bonchev–Trinajstić information content (AvgIpc) is 2.37. The topological polar surface area (TPSA) is 87.1 Å². The number of anilines is 3. The Hall–Kier alpha value is -2.63. The van der Waals surface area contributed by atoms with E-state index in [0.717, 1.165) is 5.69 Å². The van der Waals surface area contributed by atoms with E-state index in [0.29, 0.717) is 17.5 Å². The van der Waals surface area contributed by atoms with Gasteiger partial charge in [0.05, 0.1) is 0 Å². The predicted molar refractivity (Wildman–Crippen MR) is 72.6 cm³/mol. The molecule has 0 aliphatic heterocycles. The summed E-state index contributed by atoms with van der Waals surface area (Å²) in [5.41, 5.74) is 0.907. The largest absolute Gasteiger partial charge is 0.480 e. The molecule has 19 heavy (non-hydrogen) atoms. The molecule has 6 heteroatoms. The van der Waals surface area contributed by atoms with Crippen LogP contribution in [0.3, 0.4) is 0 Å². The lowest BCUT2D eigenvalue weighted by atomic mass is 10.3. The Morgan fingerprint density at radius 2 is 1.89 bits per heavy atom. The van der Waals surface area contributed by atoms with Gasteiger partial charge in [0.15, 0.2) is 0 Å². The van der Waals surface area contributed by atoms with Crippen LogP contribution in [0.5, 0.6) is 0 Å². The van der Waals surface area contributed by atoms with Gasteiger partial charge < -0.3 is 15.7 Å². The number of nitrogens with zero attached hydrogens (tertiary/aromatic N) is 2. The first-order valence-corrected chi connectivity index (χ1v) is 5.77. The second-order valence-corrected chi connectivity index (χ2v) is 3.92. The lowest BCUT2D eigenvalue weighted by molar-refractivity contribution is -0.134. The number of hydrogen-bond acceptors (Lipinski definition) is 5. The van der Waals surface area contributed by atoms with Crippen LogP contribution in [0.25, 0.3) is 0 Å². The van der Waals surface area contributed by atoms with E-state index in [-0.39, 0.29) is 6.54 Å². The molecule has 1 heterocycles. The molecule has 98 valence electrons. The monoisotopic (exact) mass is 258 g/mol. The van der Waals surface area contributed by atoms with Gasteiger partial charge in [-0.25, -0.2) is 9.97 Å². The van der Waals surface area contributed by atoms with Crippen LogP contribution in [0.4, 0.5) is 17.3 Å². The maximum Gasteiger partial charge on any atom is 0.322 e. The van der Waals surface area contributed by atoms with Gasteiger partial charge in [-0.2, -0.15) is 0 Å². The Morgan fingerprint density at radius 1 is 1.21 bits per heavy atom. The molecule has 1 aromatic heterocycles. The molecular weight excluding hydrogens is 244 g/mol. The molecule has 2 rings (SSSR count). The second kappa shape index (κ2) is 5.81. The van der Waals surface area contributed by atoms with Gasteiger partial charge >= 0.3 is 5.97 Å². The first kappa shape index (κ1) is 12.8. The number of carboxylic acids is 1. The summed E-state index contributed by atoms with van der Waals surface area (Å²) in [6.45, 7) is 1.57. The van der Waals surface area contributed by atoms with Gasteiger partial charge in [0.1, 0.15) is 24.0 Å². The summed E-state index contributed by atoms with van der Waals surface area (Å²) in [6.07, 6.45) is 0. The Balaban J connectivity index is 2.14. The highest BCUT2D eigenvalue weighted by Gasteiger charge is 2.03. The zero-order valence-corrected chi connectivity index (χ0v) is 10.4. The molecule has 0 atom stereocenters. The number of rotatable bonds is 5. The van der Waals surface area contributed by atoms with Crippen molar-refractivity contribution in [2.24, 2.45) is 0 Å². The fraction of sp³-hybridized carbons (Fsp3) is 0.154. The van der Waals surface area contributed by atoms with Crippen molar-refractivity contribution in [1.82, 2.24) is 9.97 Å². The second-order valence-electron chi connectivity index (χ2n) is 3.92. The normalized spacial score (nSPS) is 9.95. The quantitative estimate of drug-likeness (QED) is 0.760. The van der Waals surface area contributed by atoms with E-state index in [4.69, 9.17) is 5.11 Å². The number of nitrogens with one attached hydrogen (secondary N) is 2. The fourth-order valence-corrected chi connectivity index (χ4v) is 1.56. The Labute approximate surface area is 110 Å². The van der Waals surface area contributed by atoms with E-state index in [9.17, 15) is 4.79 Å². The van der Waals surface area contributed by atoms with Crippen molar-refractivity contribution in [2.45, 2.75) is 6.92 Å². The molecule has 0 saturated heterocycles. The lowest BCUT2D eigenvalue weighted by Gasteiger charge is -2.09. The Kier molecular flexibility index (Phi) is 3.92. The molecule has 0 radical (unpaired) electrons. The van der Waals surface area contributed by atoms with Crippen molar-refractivity contribution in [1.29, 1.82) is 0 Å². The van der Waals surface area contributed by atoms with Crippen LogP contribution in [0.1, 0.15) is 5.82 Å². The minimum atomic E-state index is -0.936. The summed E-state index contributed by atoms with van der Waals surface area (Å²) >= 11 is 0. The number of carbonyl (C=O) groups is 1. The minimum absolute atomic E-state index is 0.179. The van der Waals surface area contributed by atoms with E-state index in [1.54, 1.807) is 13.0 Å². The summed E-state index contributed by atoms with van der Waals surface area (Å²) < 4.78 is 0. The predicted octanol–water partition coefficient (Wildman–Crippen LogP) is 2.03. The average molecular weight is 258 g/mol. The van der Waals surface area contributed by atoms with Crippen LogP contribution in [-0.4, -0.2) is 27.6 Å². The highest BCUT2D eigenvalue weighted by atomic mass is 16.4. The molecule has 2 aromatic rings. The van der Waals surface area contributed by atoms with Gasteiger partial charge in [-0.05, 0) is 19.1 Å². The van der Waals surface area contributed by atoms with Gasteiger partial charge in [0, 0.05) is 11.8 Å². The van der Waals surface area contributed by atoms with E-state index in [1.807, 2.05) is 30.3 Å². The van der Waals surface area contributed by atoms with Crippen LogP contribution in [-0.2, 0) is 4.79 Å². The van der Waals surface area contributed by atoms with Crippen molar-refractivity contribution in [3.8, 4) is 0 Å². The number of carboxylic acid groups (broad SMARTS) is 1. The Bertz CT molecular complexity index is 572. The SMILES string of the molecule is Cc1nc(NCC(=O)O)cc(Nc2ccccc2)n1. The summed E-state index contributed by atoms with van der Waals surface area (Å²) in [6, 6.07) is 11.3. The van der Waals surface area contributed by atoms with Gasteiger partial charge in [-0.15, -0.1) is 0 Å². The number of para-hydroxylation sites is 1. The number of aliphatic carboxylic acids is 1. The summed E-state index contributed by atoms with van der Waals surface area (Å²) in [7, 11) is 0. The van der Waals surface area contributed by atoms with Crippen molar-refractivity contribution in [3.63, 3.8) is 0 Å². The van der Waals surface area contributed by atoms with Crippen molar-refractivity contribution < 1.29 is 9.90 Å². The first-order valence-electron chi connectivity index (χ1n) is 5.77. The van der Waals surface area contributed by atoms with Crippen LogP contribution in [0.2, 0.25) is 0 Å². The summed E-state index contributed by atoms with van der Waals surface area (Å²) in [4.78, 5) is 18.9. The highest BCUT2D eigenvalue weighted by molar-refractivity contribution is 5.72. The van der Waals surface area contributed by atoms with Gasteiger partial charge in [-0.3, -0.25) is 4.79 Å². The lowest BCUT2D eigenvalue weighted by Crippen LogP contribution is -2.14. The summed E-state index contributed by atoms with van der Waals surface area (Å²) in [5.74, 6) is 0.725. The smallest absolute Gasteiger partial charge is 0.322 e. The molecule has 0 fully saturated rings. The van der Waals surface area contributed by atoms with Crippen molar-refractivity contribution >= 4 is 23.3 Å². The van der Waals surface area contributed by atoms with Crippen LogP contribution in [0.15, 0.2) is 36.4 Å². The molecule has 6 nitrogen and oxygen atoms in total. The maximum absolute atomic E-state index is 10.5. The first-order chi connectivity index (χ1) is 9.13. The zero-order valence-electron chi connectivity index (χ0n) is 10.4. The van der Waals surface area contributed by atoms with Crippen molar-refractivity contribution in [2.75, 3.05) is 17.2 Å². The third-order valence-electron chi connectivity index (χ3n) is 2.30. The standard InChI is InChI=1S/C13H14N4O2/c1-9-15-11(14-8-13(18)19)7-12(16-9)17-10-5-3-2-4-6-10/h2-7H,8H2,1H3,(H,18,19)(H2,14,15,16,17). The molecule has 1 aromatic carbocycles. The molecule has 0 saturated carbocycles. The Morgan fingerprint density at radius 3 is 2.58 bits per heavy atom. The minimum Gasteiger partial charge on any atom is -0.480 e. The summed E-state index contributed by atoms with van der Waals surface area (Å²) in [5, 5.41) is 14.5. The number of aromatic nitrogens is 2. The van der Waals surface area contributed by atoms with Crippen LogP contribution >= 0.6 is 0 Å². The van der Waals surface area contributed by atoms with Gasteiger partial charge in [0.25, 0.3) is 0 Å². The highest BCUT2D eigenvalue weighted by Crippen LogP contribution is 2.16. The van der Waals surface area contributed by atoms with Gasteiger partial charge in [-0.1, -0.05) is 18.2 Å². The molecule has 0 aliphatic carbocycles. The molecule has 0 spiro atoms. The molecule has 0 amide bonds. The maximum atomic E-state index is 10.5. The number of hydrogen-bond donors (Lipinski definition) is 3. The van der Waals surface area contributed by atoms with E-state index in [2.05, 4.69) is 20.6 Å². The third-order valence-corrected chi connectivity index (χ3v) is 2.30. The number of benzene rings is 1. The molecule has 0 unspecified atom stereocenters. The molecular formula is C13H14N4O2. The van der Waals surface area contributed by atoms with E-state index < -0.39 is 5.97 Å². The molecule has 0 aliphatic rings.